The zero-order valence-electron chi connectivity index (χ0n) is 11.6. The molecule has 1 aromatic carbocycles. The molecule has 0 aliphatic rings. The molecule has 0 bridgehead atoms. The Kier molecular flexibility index (Phi) is 6.64. The van der Waals surface area contributed by atoms with Crippen molar-refractivity contribution < 1.29 is 9.59 Å². The van der Waals surface area contributed by atoms with Crippen LogP contribution in [0.5, 0.6) is 0 Å². The second kappa shape index (κ2) is 8.29. The van der Waals surface area contributed by atoms with E-state index >= 15 is 0 Å². The number of amides is 2. The molecule has 1 unspecified atom stereocenters. The van der Waals surface area contributed by atoms with E-state index < -0.39 is 0 Å². The standard InChI is InChI=1S/C15H22N2O2/c1-3-7-14(13-8-5-4-6-9-13)15(19)17-11-10-16-12(2)18/h4-6,8-9,14H,3,7,10-11H2,1-2H3,(H,16,18)(H,17,19). The minimum Gasteiger partial charge on any atom is -0.355 e. The zero-order valence-corrected chi connectivity index (χ0v) is 11.6. The summed E-state index contributed by atoms with van der Waals surface area (Å²) in [6.45, 7) is 4.46. The third kappa shape index (κ3) is 5.55. The highest BCUT2D eigenvalue weighted by Gasteiger charge is 2.18. The molecule has 4 nitrogen and oxygen atoms in total. The molecule has 19 heavy (non-hydrogen) atoms. The summed E-state index contributed by atoms with van der Waals surface area (Å²) in [5.41, 5.74) is 1.04. The fourth-order valence-electron chi connectivity index (χ4n) is 1.97. The van der Waals surface area contributed by atoms with Gasteiger partial charge in [0.15, 0.2) is 0 Å². The average molecular weight is 262 g/mol. The molecule has 1 rings (SSSR count). The van der Waals surface area contributed by atoms with E-state index in [2.05, 4.69) is 17.6 Å². The number of hydrogen-bond acceptors (Lipinski definition) is 2. The molecule has 1 aromatic rings. The van der Waals surface area contributed by atoms with E-state index in [0.717, 1.165) is 18.4 Å². The summed E-state index contributed by atoms with van der Waals surface area (Å²) >= 11 is 0. The summed E-state index contributed by atoms with van der Waals surface area (Å²) in [7, 11) is 0. The van der Waals surface area contributed by atoms with Crippen molar-refractivity contribution in [3.8, 4) is 0 Å². The van der Waals surface area contributed by atoms with Gasteiger partial charge < -0.3 is 10.6 Å². The molecule has 2 N–H and O–H groups in total. The minimum atomic E-state index is -0.108. The molecule has 0 aromatic heterocycles. The van der Waals surface area contributed by atoms with Gasteiger partial charge in [-0.1, -0.05) is 43.7 Å². The molecule has 0 saturated carbocycles. The molecule has 0 spiro atoms. The van der Waals surface area contributed by atoms with Crippen LogP contribution in [0.2, 0.25) is 0 Å². The van der Waals surface area contributed by atoms with Gasteiger partial charge in [-0.3, -0.25) is 9.59 Å². The van der Waals surface area contributed by atoms with Gasteiger partial charge in [-0.15, -0.1) is 0 Å². The maximum Gasteiger partial charge on any atom is 0.227 e. The Morgan fingerprint density at radius 3 is 2.32 bits per heavy atom. The quantitative estimate of drug-likeness (QED) is 0.736. The molecule has 0 aliphatic heterocycles. The second-order valence-corrected chi connectivity index (χ2v) is 4.53. The van der Waals surface area contributed by atoms with E-state index in [0.29, 0.717) is 13.1 Å². The van der Waals surface area contributed by atoms with Gasteiger partial charge in [0, 0.05) is 20.0 Å². The van der Waals surface area contributed by atoms with Crippen molar-refractivity contribution in [2.75, 3.05) is 13.1 Å². The van der Waals surface area contributed by atoms with Crippen LogP contribution in [0.4, 0.5) is 0 Å². The number of benzene rings is 1. The molecule has 1 atom stereocenters. The highest BCUT2D eigenvalue weighted by atomic mass is 16.2. The largest absolute Gasteiger partial charge is 0.355 e. The third-order valence-corrected chi connectivity index (χ3v) is 2.89. The van der Waals surface area contributed by atoms with Gasteiger partial charge in [-0.2, -0.15) is 0 Å². The molecule has 0 radical (unpaired) electrons. The van der Waals surface area contributed by atoms with Gasteiger partial charge in [0.1, 0.15) is 0 Å². The van der Waals surface area contributed by atoms with Crippen LogP contribution < -0.4 is 10.6 Å². The van der Waals surface area contributed by atoms with E-state index in [1.165, 1.54) is 6.92 Å². The maximum absolute atomic E-state index is 12.2. The lowest BCUT2D eigenvalue weighted by Gasteiger charge is -2.16. The van der Waals surface area contributed by atoms with Gasteiger partial charge >= 0.3 is 0 Å². The van der Waals surface area contributed by atoms with Crippen LogP contribution in [-0.4, -0.2) is 24.9 Å². The maximum atomic E-state index is 12.2. The van der Waals surface area contributed by atoms with Gasteiger partial charge in [-0.05, 0) is 12.0 Å². The summed E-state index contributed by atoms with van der Waals surface area (Å²) < 4.78 is 0. The summed E-state index contributed by atoms with van der Waals surface area (Å²) in [4.78, 5) is 22.9. The van der Waals surface area contributed by atoms with Crippen molar-refractivity contribution in [2.24, 2.45) is 0 Å². The fraction of sp³-hybridized carbons (Fsp3) is 0.467. The third-order valence-electron chi connectivity index (χ3n) is 2.89. The SMILES string of the molecule is CCCC(C(=O)NCCNC(C)=O)c1ccccc1. The number of carbonyl (C=O) groups excluding carboxylic acids is 2. The predicted octanol–water partition coefficient (Wildman–Crippen LogP) is 1.82. The molecule has 0 saturated heterocycles. The zero-order chi connectivity index (χ0) is 14.1. The average Bonchev–Trinajstić information content (AvgIpc) is 2.41. The Bertz CT molecular complexity index is 404. The lowest BCUT2D eigenvalue weighted by molar-refractivity contribution is -0.123. The predicted molar refractivity (Wildman–Crippen MR) is 75.8 cm³/mol. The first kappa shape index (κ1) is 15.2. The van der Waals surface area contributed by atoms with Crippen LogP contribution in [0.25, 0.3) is 0 Å². The lowest BCUT2D eigenvalue weighted by Crippen LogP contribution is -2.36. The topological polar surface area (TPSA) is 58.2 Å². The Morgan fingerprint density at radius 1 is 1.11 bits per heavy atom. The molecule has 0 fully saturated rings. The Morgan fingerprint density at radius 2 is 1.74 bits per heavy atom. The van der Waals surface area contributed by atoms with Crippen LogP contribution in [0.15, 0.2) is 30.3 Å². The molecule has 0 aliphatic carbocycles. The van der Waals surface area contributed by atoms with Gasteiger partial charge in [-0.25, -0.2) is 0 Å². The van der Waals surface area contributed by atoms with Crippen LogP contribution in [-0.2, 0) is 9.59 Å². The highest BCUT2D eigenvalue weighted by Crippen LogP contribution is 2.21. The van der Waals surface area contributed by atoms with Crippen LogP contribution in [0, 0.1) is 0 Å². The summed E-state index contributed by atoms with van der Waals surface area (Å²) in [6, 6.07) is 9.80. The number of nitrogens with one attached hydrogen (secondary N) is 2. The lowest BCUT2D eigenvalue weighted by atomic mass is 9.94. The van der Waals surface area contributed by atoms with Crippen molar-refractivity contribution >= 4 is 11.8 Å². The Labute approximate surface area is 114 Å². The molecular formula is C15H22N2O2. The van der Waals surface area contributed by atoms with Gasteiger partial charge in [0.2, 0.25) is 11.8 Å². The van der Waals surface area contributed by atoms with Crippen molar-refractivity contribution in [3.63, 3.8) is 0 Å². The van der Waals surface area contributed by atoms with Crippen molar-refractivity contribution in [1.82, 2.24) is 10.6 Å². The summed E-state index contributed by atoms with van der Waals surface area (Å²) in [5.74, 6) is -0.163. The monoisotopic (exact) mass is 262 g/mol. The van der Waals surface area contributed by atoms with Gasteiger partial charge in [0.25, 0.3) is 0 Å². The van der Waals surface area contributed by atoms with Crippen LogP contribution >= 0.6 is 0 Å². The summed E-state index contributed by atoms with van der Waals surface area (Å²) in [6.07, 6.45) is 1.79. The number of rotatable bonds is 7. The second-order valence-electron chi connectivity index (χ2n) is 4.53. The number of carbonyl (C=O) groups is 2. The van der Waals surface area contributed by atoms with E-state index in [-0.39, 0.29) is 17.7 Å². The van der Waals surface area contributed by atoms with E-state index in [9.17, 15) is 9.59 Å². The Hall–Kier alpha value is -1.84. The van der Waals surface area contributed by atoms with E-state index in [1.54, 1.807) is 0 Å². The molecule has 4 heteroatoms. The molecule has 2 amide bonds. The van der Waals surface area contributed by atoms with Gasteiger partial charge in [0.05, 0.1) is 5.92 Å². The van der Waals surface area contributed by atoms with Crippen LogP contribution in [0.3, 0.4) is 0 Å². The minimum absolute atomic E-state index is 0.0263. The first-order valence-electron chi connectivity index (χ1n) is 6.72. The Balaban J connectivity index is 2.52. The molecule has 104 valence electrons. The molecule has 0 heterocycles. The normalized spacial score (nSPS) is 11.7. The first-order chi connectivity index (χ1) is 9.15. The molecular weight excluding hydrogens is 240 g/mol. The van der Waals surface area contributed by atoms with Crippen molar-refractivity contribution in [2.45, 2.75) is 32.6 Å². The van der Waals surface area contributed by atoms with E-state index in [1.807, 2.05) is 30.3 Å². The van der Waals surface area contributed by atoms with Crippen molar-refractivity contribution in [3.05, 3.63) is 35.9 Å². The van der Waals surface area contributed by atoms with Crippen LogP contribution in [0.1, 0.15) is 38.2 Å². The van der Waals surface area contributed by atoms with E-state index in [4.69, 9.17) is 0 Å². The number of hydrogen-bond donors (Lipinski definition) is 2. The summed E-state index contributed by atoms with van der Waals surface area (Å²) in [5, 5.41) is 5.53. The highest BCUT2D eigenvalue weighted by molar-refractivity contribution is 5.83. The fourth-order valence-corrected chi connectivity index (χ4v) is 1.97. The smallest absolute Gasteiger partial charge is 0.227 e. The first-order valence-corrected chi connectivity index (χ1v) is 6.72. The van der Waals surface area contributed by atoms with Crippen molar-refractivity contribution in [1.29, 1.82) is 0 Å².